The Labute approximate surface area is 113 Å². The number of pyridine rings is 1. The van der Waals surface area contributed by atoms with Gasteiger partial charge < -0.3 is 15.2 Å². The molecule has 0 unspecified atom stereocenters. The maximum atomic E-state index is 5.58. The molecule has 2 N–H and O–H groups in total. The van der Waals surface area contributed by atoms with Crippen LogP contribution in [0, 0.1) is 0 Å². The van der Waals surface area contributed by atoms with Crippen LogP contribution in [0.4, 0.5) is 0 Å². The van der Waals surface area contributed by atoms with E-state index in [4.69, 9.17) is 15.2 Å². The molecule has 1 aromatic carbocycles. The number of hydrogen-bond acceptors (Lipinski definition) is 4. The predicted octanol–water partition coefficient (Wildman–Crippen LogP) is 2.27. The molecule has 0 aliphatic heterocycles. The van der Waals surface area contributed by atoms with Crippen LogP contribution >= 0.6 is 0 Å². The summed E-state index contributed by atoms with van der Waals surface area (Å²) in [5, 5.41) is 0. The Morgan fingerprint density at radius 3 is 2.53 bits per heavy atom. The van der Waals surface area contributed by atoms with Crippen molar-refractivity contribution >= 4 is 0 Å². The van der Waals surface area contributed by atoms with E-state index in [0.29, 0.717) is 18.0 Å². The molecule has 4 heteroatoms. The summed E-state index contributed by atoms with van der Waals surface area (Å²) in [5.74, 6) is 1.41. The molecule has 0 bridgehead atoms. The largest absolute Gasteiger partial charge is 0.493 e. The molecule has 0 aliphatic carbocycles. The minimum absolute atomic E-state index is 0.634. The third-order valence-corrected chi connectivity index (χ3v) is 2.94. The van der Waals surface area contributed by atoms with E-state index in [1.807, 2.05) is 30.3 Å². The number of rotatable bonds is 5. The van der Waals surface area contributed by atoms with Crippen LogP contribution in [-0.2, 0) is 6.42 Å². The topological polar surface area (TPSA) is 57.4 Å². The summed E-state index contributed by atoms with van der Waals surface area (Å²) < 4.78 is 10.5. The quantitative estimate of drug-likeness (QED) is 0.893. The molecule has 19 heavy (non-hydrogen) atoms. The molecule has 0 fully saturated rings. The summed E-state index contributed by atoms with van der Waals surface area (Å²) in [7, 11) is 3.25. The van der Waals surface area contributed by atoms with Gasteiger partial charge in [0.1, 0.15) is 0 Å². The second-order valence-electron chi connectivity index (χ2n) is 4.16. The number of methoxy groups -OCH3 is 2. The van der Waals surface area contributed by atoms with Crippen LogP contribution < -0.4 is 15.2 Å². The van der Waals surface area contributed by atoms with E-state index in [9.17, 15) is 0 Å². The molecule has 2 rings (SSSR count). The molecule has 0 saturated heterocycles. The summed E-state index contributed by atoms with van der Waals surface area (Å²) in [5.41, 5.74) is 8.66. The first-order chi connectivity index (χ1) is 9.28. The maximum Gasteiger partial charge on any atom is 0.161 e. The van der Waals surface area contributed by atoms with Gasteiger partial charge in [0, 0.05) is 11.8 Å². The number of hydrogen-bond donors (Lipinski definition) is 1. The highest BCUT2D eigenvalue weighted by Crippen LogP contribution is 2.31. The van der Waals surface area contributed by atoms with Crippen molar-refractivity contribution in [2.75, 3.05) is 20.8 Å². The lowest BCUT2D eigenvalue weighted by Gasteiger charge is -2.10. The summed E-state index contributed by atoms with van der Waals surface area (Å²) in [6.07, 6.45) is 2.65. The molecule has 0 amide bonds. The van der Waals surface area contributed by atoms with Crippen molar-refractivity contribution in [3.63, 3.8) is 0 Å². The molecule has 0 atom stereocenters. The van der Waals surface area contributed by atoms with Gasteiger partial charge in [-0.25, -0.2) is 0 Å². The average Bonchev–Trinajstić information content (AvgIpc) is 2.47. The predicted molar refractivity (Wildman–Crippen MR) is 75.5 cm³/mol. The molecule has 1 aromatic heterocycles. The standard InChI is InChI=1S/C15H18N2O2/c1-18-14-4-3-12(10-15(14)19-2)13-9-11(5-7-16)6-8-17-13/h3-4,6,8-10H,5,7,16H2,1-2H3. The van der Waals surface area contributed by atoms with Crippen molar-refractivity contribution in [2.45, 2.75) is 6.42 Å². The van der Waals surface area contributed by atoms with Gasteiger partial charge in [-0.2, -0.15) is 0 Å². The fraction of sp³-hybridized carbons (Fsp3) is 0.267. The van der Waals surface area contributed by atoms with Crippen molar-refractivity contribution in [1.29, 1.82) is 0 Å². The second kappa shape index (κ2) is 6.20. The SMILES string of the molecule is COc1ccc(-c2cc(CCN)ccn2)cc1OC. The van der Waals surface area contributed by atoms with E-state index in [1.165, 1.54) is 5.56 Å². The minimum atomic E-state index is 0.634. The minimum Gasteiger partial charge on any atom is -0.493 e. The Morgan fingerprint density at radius 1 is 1.05 bits per heavy atom. The molecular weight excluding hydrogens is 240 g/mol. The van der Waals surface area contributed by atoms with Crippen LogP contribution in [0.25, 0.3) is 11.3 Å². The Kier molecular flexibility index (Phi) is 4.36. The molecule has 1 heterocycles. The lowest BCUT2D eigenvalue weighted by atomic mass is 10.1. The summed E-state index contributed by atoms with van der Waals surface area (Å²) in [4.78, 5) is 4.39. The smallest absolute Gasteiger partial charge is 0.161 e. The molecule has 0 saturated carbocycles. The number of nitrogens with zero attached hydrogens (tertiary/aromatic N) is 1. The molecular formula is C15H18N2O2. The molecule has 100 valence electrons. The van der Waals surface area contributed by atoms with Crippen molar-refractivity contribution in [3.05, 3.63) is 42.1 Å². The number of nitrogens with two attached hydrogens (primary N) is 1. The van der Waals surface area contributed by atoms with E-state index in [0.717, 1.165) is 17.7 Å². The zero-order chi connectivity index (χ0) is 13.7. The molecule has 4 nitrogen and oxygen atoms in total. The summed E-state index contributed by atoms with van der Waals surface area (Å²) >= 11 is 0. The van der Waals surface area contributed by atoms with Gasteiger partial charge in [-0.05, 0) is 48.9 Å². The Bertz CT molecular complexity index is 556. The van der Waals surface area contributed by atoms with Crippen molar-refractivity contribution < 1.29 is 9.47 Å². The van der Waals surface area contributed by atoms with E-state index in [-0.39, 0.29) is 0 Å². The van der Waals surface area contributed by atoms with Crippen LogP contribution in [0.1, 0.15) is 5.56 Å². The normalized spacial score (nSPS) is 10.3. The van der Waals surface area contributed by atoms with Crippen molar-refractivity contribution in [3.8, 4) is 22.8 Å². The highest BCUT2D eigenvalue weighted by atomic mass is 16.5. The lowest BCUT2D eigenvalue weighted by molar-refractivity contribution is 0.355. The summed E-state index contributed by atoms with van der Waals surface area (Å²) in [6, 6.07) is 9.81. The molecule has 0 aliphatic rings. The fourth-order valence-electron chi connectivity index (χ4n) is 1.95. The zero-order valence-corrected chi connectivity index (χ0v) is 11.2. The monoisotopic (exact) mass is 258 g/mol. The first-order valence-corrected chi connectivity index (χ1v) is 6.16. The van der Waals surface area contributed by atoms with Crippen LogP contribution in [0.15, 0.2) is 36.5 Å². The van der Waals surface area contributed by atoms with Crippen LogP contribution in [0.5, 0.6) is 11.5 Å². The average molecular weight is 258 g/mol. The highest BCUT2D eigenvalue weighted by molar-refractivity contribution is 5.64. The van der Waals surface area contributed by atoms with Gasteiger partial charge in [-0.3, -0.25) is 4.98 Å². The second-order valence-corrected chi connectivity index (χ2v) is 4.16. The Morgan fingerprint density at radius 2 is 1.84 bits per heavy atom. The first kappa shape index (κ1) is 13.4. The lowest BCUT2D eigenvalue weighted by Crippen LogP contribution is -2.02. The molecule has 2 aromatic rings. The Balaban J connectivity index is 2.38. The van der Waals surface area contributed by atoms with Crippen molar-refractivity contribution in [2.24, 2.45) is 5.73 Å². The maximum absolute atomic E-state index is 5.58. The summed E-state index contributed by atoms with van der Waals surface area (Å²) in [6.45, 7) is 0.634. The van der Waals surface area contributed by atoms with E-state index < -0.39 is 0 Å². The van der Waals surface area contributed by atoms with Crippen molar-refractivity contribution in [1.82, 2.24) is 4.98 Å². The first-order valence-electron chi connectivity index (χ1n) is 6.16. The number of ether oxygens (including phenoxy) is 2. The molecule has 0 radical (unpaired) electrons. The van der Waals surface area contributed by atoms with E-state index in [2.05, 4.69) is 4.98 Å². The third kappa shape index (κ3) is 3.03. The zero-order valence-electron chi connectivity index (χ0n) is 11.2. The van der Waals surface area contributed by atoms with Crippen LogP contribution in [-0.4, -0.2) is 25.7 Å². The van der Waals surface area contributed by atoms with Gasteiger partial charge in [0.05, 0.1) is 19.9 Å². The van der Waals surface area contributed by atoms with Gasteiger partial charge in [0.25, 0.3) is 0 Å². The van der Waals surface area contributed by atoms with Gasteiger partial charge >= 0.3 is 0 Å². The fourth-order valence-corrected chi connectivity index (χ4v) is 1.95. The van der Waals surface area contributed by atoms with Crippen LogP contribution in [0.3, 0.4) is 0 Å². The van der Waals surface area contributed by atoms with Gasteiger partial charge in [0.2, 0.25) is 0 Å². The van der Waals surface area contributed by atoms with Gasteiger partial charge in [-0.15, -0.1) is 0 Å². The molecule has 0 spiro atoms. The number of benzene rings is 1. The Hall–Kier alpha value is -2.07. The number of aromatic nitrogens is 1. The van der Waals surface area contributed by atoms with E-state index >= 15 is 0 Å². The van der Waals surface area contributed by atoms with Crippen LogP contribution in [0.2, 0.25) is 0 Å². The van der Waals surface area contributed by atoms with E-state index in [1.54, 1.807) is 20.4 Å². The van der Waals surface area contributed by atoms with Gasteiger partial charge in [-0.1, -0.05) is 0 Å². The third-order valence-electron chi connectivity index (χ3n) is 2.94. The highest BCUT2D eigenvalue weighted by Gasteiger charge is 2.07. The van der Waals surface area contributed by atoms with Gasteiger partial charge in [0.15, 0.2) is 11.5 Å².